The van der Waals surface area contributed by atoms with Gasteiger partial charge in [-0.3, -0.25) is 4.79 Å². The summed E-state index contributed by atoms with van der Waals surface area (Å²) in [7, 11) is 0. The van der Waals surface area contributed by atoms with Crippen LogP contribution < -0.4 is 4.90 Å². The van der Waals surface area contributed by atoms with Crippen LogP contribution in [0.15, 0.2) is 17.2 Å². The SMILES string of the molecule is Cc1ccc(N2CC(CN=[N+]=[N-])CC2=O)c(Cl)n1. The van der Waals surface area contributed by atoms with Gasteiger partial charge in [0.15, 0.2) is 5.15 Å². The van der Waals surface area contributed by atoms with Gasteiger partial charge < -0.3 is 4.90 Å². The summed E-state index contributed by atoms with van der Waals surface area (Å²) in [5.74, 6) is 0.0338. The van der Waals surface area contributed by atoms with Crippen molar-refractivity contribution in [3.05, 3.63) is 33.4 Å². The van der Waals surface area contributed by atoms with E-state index in [-0.39, 0.29) is 11.8 Å². The molecule has 0 aromatic carbocycles. The fourth-order valence-electron chi connectivity index (χ4n) is 2.01. The van der Waals surface area contributed by atoms with E-state index >= 15 is 0 Å². The maximum absolute atomic E-state index is 11.9. The number of carbonyl (C=O) groups is 1. The third-order valence-corrected chi connectivity index (χ3v) is 3.15. The molecule has 1 atom stereocenters. The number of aryl methyl sites for hydroxylation is 1. The summed E-state index contributed by atoms with van der Waals surface area (Å²) in [6, 6.07) is 3.60. The van der Waals surface area contributed by atoms with Crippen LogP contribution in [0.4, 0.5) is 5.69 Å². The van der Waals surface area contributed by atoms with Crippen LogP contribution in [-0.4, -0.2) is 24.0 Å². The highest BCUT2D eigenvalue weighted by Gasteiger charge is 2.31. The fraction of sp³-hybridized carbons (Fsp3) is 0.455. The molecule has 2 heterocycles. The Kier molecular flexibility index (Phi) is 3.69. The van der Waals surface area contributed by atoms with Crippen molar-refractivity contribution < 1.29 is 4.79 Å². The number of rotatable bonds is 3. The molecule has 6 nitrogen and oxygen atoms in total. The second kappa shape index (κ2) is 5.25. The highest BCUT2D eigenvalue weighted by molar-refractivity contribution is 6.32. The Morgan fingerprint density at radius 2 is 2.44 bits per heavy atom. The number of nitrogens with zero attached hydrogens (tertiary/aromatic N) is 5. The van der Waals surface area contributed by atoms with Crippen molar-refractivity contribution in [2.75, 3.05) is 18.0 Å². The van der Waals surface area contributed by atoms with Crippen LogP contribution in [-0.2, 0) is 4.79 Å². The Hall–Kier alpha value is -1.78. The molecule has 1 unspecified atom stereocenters. The summed E-state index contributed by atoms with van der Waals surface area (Å²) in [5, 5.41) is 3.83. The zero-order chi connectivity index (χ0) is 13.1. The number of halogens is 1. The van der Waals surface area contributed by atoms with Gasteiger partial charge in [0, 0.05) is 30.1 Å². The van der Waals surface area contributed by atoms with E-state index in [4.69, 9.17) is 17.1 Å². The third kappa shape index (κ3) is 2.55. The van der Waals surface area contributed by atoms with Crippen molar-refractivity contribution in [3.63, 3.8) is 0 Å². The molecule has 7 heteroatoms. The smallest absolute Gasteiger partial charge is 0.227 e. The maximum atomic E-state index is 11.9. The molecule has 0 spiro atoms. The average molecular weight is 266 g/mol. The molecule has 1 aliphatic rings. The minimum absolute atomic E-state index is 0.0132. The molecule has 0 bridgehead atoms. The highest BCUT2D eigenvalue weighted by atomic mass is 35.5. The summed E-state index contributed by atoms with van der Waals surface area (Å²) in [5.41, 5.74) is 9.71. The van der Waals surface area contributed by atoms with Gasteiger partial charge in [-0.1, -0.05) is 16.7 Å². The second-order valence-corrected chi connectivity index (χ2v) is 4.61. The van der Waals surface area contributed by atoms with Gasteiger partial charge >= 0.3 is 0 Å². The van der Waals surface area contributed by atoms with Gasteiger partial charge in [-0.15, -0.1) is 0 Å². The quantitative estimate of drug-likeness (QED) is 0.364. The van der Waals surface area contributed by atoms with Gasteiger partial charge in [0.25, 0.3) is 0 Å². The van der Waals surface area contributed by atoms with E-state index in [1.807, 2.05) is 13.0 Å². The van der Waals surface area contributed by atoms with Gasteiger partial charge in [0.05, 0.1) is 5.69 Å². The van der Waals surface area contributed by atoms with Crippen LogP contribution in [0.2, 0.25) is 5.15 Å². The first-order valence-electron chi connectivity index (χ1n) is 5.56. The molecule has 1 aromatic rings. The topological polar surface area (TPSA) is 82.0 Å². The highest BCUT2D eigenvalue weighted by Crippen LogP contribution is 2.30. The zero-order valence-electron chi connectivity index (χ0n) is 9.88. The Morgan fingerprint density at radius 1 is 1.67 bits per heavy atom. The summed E-state index contributed by atoms with van der Waals surface area (Å²) in [4.78, 5) is 20.3. The third-order valence-electron chi connectivity index (χ3n) is 2.87. The molecular weight excluding hydrogens is 254 g/mol. The largest absolute Gasteiger partial charge is 0.309 e. The van der Waals surface area contributed by atoms with Crippen LogP contribution in [0.5, 0.6) is 0 Å². The van der Waals surface area contributed by atoms with Crippen LogP contribution in [0.1, 0.15) is 12.1 Å². The molecule has 1 fully saturated rings. The van der Waals surface area contributed by atoms with Crippen LogP contribution in [0, 0.1) is 12.8 Å². The molecule has 1 aliphatic heterocycles. The normalized spacial score (nSPS) is 18.9. The van der Waals surface area contributed by atoms with Crippen molar-refractivity contribution in [2.24, 2.45) is 11.0 Å². The monoisotopic (exact) mass is 265 g/mol. The van der Waals surface area contributed by atoms with E-state index in [9.17, 15) is 4.79 Å². The van der Waals surface area contributed by atoms with E-state index in [1.54, 1.807) is 11.0 Å². The number of pyridine rings is 1. The van der Waals surface area contributed by atoms with Crippen molar-refractivity contribution >= 4 is 23.2 Å². The summed E-state index contributed by atoms with van der Waals surface area (Å²) in [6.07, 6.45) is 0.378. The van der Waals surface area contributed by atoms with Gasteiger partial charge in [-0.25, -0.2) is 4.98 Å². The fourth-order valence-corrected chi connectivity index (χ4v) is 2.31. The number of anilines is 1. The first-order chi connectivity index (χ1) is 8.61. The van der Waals surface area contributed by atoms with Crippen LogP contribution in [0.3, 0.4) is 0 Å². The van der Waals surface area contributed by atoms with Gasteiger partial charge in [-0.2, -0.15) is 0 Å². The number of azide groups is 1. The van der Waals surface area contributed by atoms with Crippen LogP contribution >= 0.6 is 11.6 Å². The predicted octanol–water partition coefficient (Wildman–Crippen LogP) is 2.71. The van der Waals surface area contributed by atoms with Gasteiger partial charge in [0.2, 0.25) is 5.91 Å². The average Bonchev–Trinajstić information content (AvgIpc) is 2.68. The zero-order valence-corrected chi connectivity index (χ0v) is 10.6. The Bertz CT molecular complexity index is 526. The lowest BCUT2D eigenvalue weighted by atomic mass is 10.1. The first kappa shape index (κ1) is 12.7. The van der Waals surface area contributed by atoms with E-state index < -0.39 is 0 Å². The van der Waals surface area contributed by atoms with Crippen molar-refractivity contribution in [2.45, 2.75) is 13.3 Å². The summed E-state index contributed by atoms with van der Waals surface area (Å²) in [6.45, 7) is 2.68. The standard InChI is InChI=1S/C11H12ClN5O/c1-7-2-3-9(11(12)15-7)17-6-8(4-10(17)18)5-14-16-13/h2-3,8H,4-6H2,1H3. The molecular formula is C11H12ClN5O. The molecule has 0 radical (unpaired) electrons. The number of amides is 1. The van der Waals surface area contributed by atoms with Crippen molar-refractivity contribution in [1.82, 2.24) is 4.98 Å². The Morgan fingerprint density at radius 3 is 3.11 bits per heavy atom. The molecule has 0 aliphatic carbocycles. The van der Waals surface area contributed by atoms with Gasteiger partial charge in [-0.05, 0) is 30.5 Å². The second-order valence-electron chi connectivity index (χ2n) is 4.25. The molecule has 2 rings (SSSR count). The lowest BCUT2D eigenvalue weighted by Gasteiger charge is -2.17. The first-order valence-corrected chi connectivity index (χ1v) is 5.94. The van der Waals surface area contributed by atoms with E-state index in [0.717, 1.165) is 5.69 Å². The number of aromatic nitrogens is 1. The molecule has 1 aromatic heterocycles. The molecule has 18 heavy (non-hydrogen) atoms. The Balaban J connectivity index is 2.18. The Labute approximate surface area is 109 Å². The van der Waals surface area contributed by atoms with Crippen molar-refractivity contribution in [3.8, 4) is 0 Å². The summed E-state index contributed by atoms with van der Waals surface area (Å²) >= 11 is 6.04. The molecule has 0 saturated carbocycles. The summed E-state index contributed by atoms with van der Waals surface area (Å²) < 4.78 is 0. The van der Waals surface area contributed by atoms with Gasteiger partial charge in [0.1, 0.15) is 0 Å². The predicted molar refractivity (Wildman–Crippen MR) is 68.5 cm³/mol. The van der Waals surface area contributed by atoms with Crippen molar-refractivity contribution in [1.29, 1.82) is 0 Å². The van der Waals surface area contributed by atoms with E-state index in [2.05, 4.69) is 15.0 Å². The molecule has 0 N–H and O–H groups in total. The maximum Gasteiger partial charge on any atom is 0.227 e. The lowest BCUT2D eigenvalue weighted by Crippen LogP contribution is -2.25. The van der Waals surface area contributed by atoms with Crippen LogP contribution in [0.25, 0.3) is 10.4 Å². The minimum atomic E-state index is -0.0132. The molecule has 1 amide bonds. The lowest BCUT2D eigenvalue weighted by molar-refractivity contribution is -0.117. The number of hydrogen-bond donors (Lipinski definition) is 0. The number of carbonyl (C=O) groups excluding carboxylic acids is 1. The molecule has 94 valence electrons. The van der Waals surface area contributed by atoms with E-state index in [0.29, 0.717) is 30.4 Å². The minimum Gasteiger partial charge on any atom is -0.309 e. The molecule has 1 saturated heterocycles. The van der Waals surface area contributed by atoms with E-state index in [1.165, 1.54) is 0 Å². The number of hydrogen-bond acceptors (Lipinski definition) is 3.